The highest BCUT2D eigenvalue weighted by atomic mass is 79.9. The molecule has 1 rings (SSSR count). The smallest absolute Gasteiger partial charge is 0.175 e. The highest BCUT2D eigenvalue weighted by Crippen LogP contribution is 2.23. The molecular weight excluding hydrogens is 242 g/mol. The topological polar surface area (TPSA) is 18.8 Å². The Kier molecular flexibility index (Phi) is 3.81. The van der Waals surface area contributed by atoms with E-state index >= 15 is 0 Å². The molecule has 1 atom stereocenters. The number of alkyl halides is 1. The molecule has 0 spiro atoms. The Hall–Kier alpha value is -0.250. The van der Waals surface area contributed by atoms with Crippen molar-refractivity contribution in [3.63, 3.8) is 0 Å². The van der Waals surface area contributed by atoms with Crippen molar-refractivity contribution in [2.24, 2.45) is 10.5 Å². The molecule has 0 aliphatic carbocycles. The molecule has 0 fully saturated rings. The first-order chi connectivity index (χ1) is 6.44. The molecule has 0 saturated carbocycles. The van der Waals surface area contributed by atoms with E-state index in [2.05, 4.69) is 58.6 Å². The molecule has 82 valence electrons. The van der Waals surface area contributed by atoms with Gasteiger partial charge in [-0.1, -0.05) is 27.7 Å². The zero-order chi connectivity index (χ0) is 10.8. The summed E-state index contributed by atoms with van der Waals surface area (Å²) in [5, 5.41) is 6.67. The Bertz CT molecular complexity index is 210. The molecule has 0 aromatic heterocycles. The number of hydrogen-bond donors (Lipinski definition) is 0. The summed E-state index contributed by atoms with van der Waals surface area (Å²) in [5.74, 6) is 0. The average molecular weight is 262 g/mol. The molecule has 3 nitrogen and oxygen atoms in total. The van der Waals surface area contributed by atoms with Gasteiger partial charge in [-0.15, -0.1) is 0 Å². The van der Waals surface area contributed by atoms with Gasteiger partial charge in [-0.2, -0.15) is 5.10 Å². The predicted molar refractivity (Wildman–Crippen MR) is 64.4 cm³/mol. The summed E-state index contributed by atoms with van der Waals surface area (Å²) >= 11 is 3.65. The van der Waals surface area contributed by atoms with E-state index in [4.69, 9.17) is 0 Å². The minimum Gasteiger partial charge on any atom is -0.330 e. The van der Waals surface area contributed by atoms with Gasteiger partial charge >= 0.3 is 0 Å². The van der Waals surface area contributed by atoms with Gasteiger partial charge in [0.05, 0.1) is 0 Å². The lowest BCUT2D eigenvalue weighted by Crippen LogP contribution is -2.39. The third-order valence-electron chi connectivity index (χ3n) is 1.98. The second-order valence-corrected chi connectivity index (χ2v) is 5.76. The molecule has 0 N–H and O–H groups in total. The number of rotatable bonds is 3. The Balaban J connectivity index is 2.48. The van der Waals surface area contributed by atoms with E-state index in [1.54, 1.807) is 0 Å². The molecule has 0 saturated heterocycles. The highest BCUT2D eigenvalue weighted by molar-refractivity contribution is 9.09. The van der Waals surface area contributed by atoms with Crippen LogP contribution in [0.25, 0.3) is 0 Å². The first-order valence-electron chi connectivity index (χ1n) is 5.14. The van der Waals surface area contributed by atoms with E-state index in [1.807, 2.05) is 6.34 Å². The van der Waals surface area contributed by atoms with Crippen LogP contribution in [0.2, 0.25) is 0 Å². The molecule has 0 bridgehead atoms. The molecule has 4 heteroatoms. The summed E-state index contributed by atoms with van der Waals surface area (Å²) in [5.41, 5.74) is 0.306. The first kappa shape index (κ1) is 11.8. The van der Waals surface area contributed by atoms with Crippen molar-refractivity contribution in [3.8, 4) is 0 Å². The largest absolute Gasteiger partial charge is 0.330 e. The maximum atomic E-state index is 4.36. The molecule has 1 aliphatic heterocycles. The minimum absolute atomic E-state index is 0.238. The van der Waals surface area contributed by atoms with Crippen LogP contribution in [-0.4, -0.2) is 34.4 Å². The highest BCUT2D eigenvalue weighted by Gasteiger charge is 2.27. The Morgan fingerprint density at radius 1 is 1.43 bits per heavy atom. The van der Waals surface area contributed by atoms with Gasteiger partial charge in [0, 0.05) is 13.1 Å². The SMILES string of the molecule is CCCN1N=CN(CC(C)(C)C)C1Br. The molecule has 0 amide bonds. The zero-order valence-corrected chi connectivity index (χ0v) is 11.1. The summed E-state index contributed by atoms with van der Waals surface area (Å²) in [6.45, 7) is 10.9. The van der Waals surface area contributed by atoms with Crippen LogP contribution < -0.4 is 0 Å². The maximum absolute atomic E-state index is 4.36. The van der Waals surface area contributed by atoms with Crippen LogP contribution in [0, 0.1) is 5.41 Å². The van der Waals surface area contributed by atoms with Crippen LogP contribution in [0.4, 0.5) is 0 Å². The van der Waals surface area contributed by atoms with Gasteiger partial charge in [0.2, 0.25) is 0 Å². The lowest BCUT2D eigenvalue weighted by Gasteiger charge is -2.30. The Morgan fingerprint density at radius 3 is 2.57 bits per heavy atom. The van der Waals surface area contributed by atoms with Crippen LogP contribution in [0.5, 0.6) is 0 Å². The van der Waals surface area contributed by atoms with E-state index in [9.17, 15) is 0 Å². The van der Waals surface area contributed by atoms with Gasteiger partial charge in [0.25, 0.3) is 0 Å². The van der Waals surface area contributed by atoms with Crippen LogP contribution in [0.3, 0.4) is 0 Å². The van der Waals surface area contributed by atoms with Crippen molar-refractivity contribution in [1.82, 2.24) is 9.91 Å². The number of hydrazone groups is 1. The molecular formula is C10H20BrN3. The van der Waals surface area contributed by atoms with Crippen molar-refractivity contribution in [2.45, 2.75) is 39.2 Å². The second-order valence-electron chi connectivity index (χ2n) is 4.94. The summed E-state index contributed by atoms with van der Waals surface area (Å²) < 4.78 is 0. The normalized spacial score (nSPS) is 22.2. The fourth-order valence-corrected chi connectivity index (χ4v) is 2.03. The van der Waals surface area contributed by atoms with Crippen molar-refractivity contribution < 1.29 is 0 Å². The van der Waals surface area contributed by atoms with E-state index in [1.165, 1.54) is 0 Å². The van der Waals surface area contributed by atoms with E-state index < -0.39 is 0 Å². The van der Waals surface area contributed by atoms with Crippen LogP contribution >= 0.6 is 15.9 Å². The van der Waals surface area contributed by atoms with Crippen molar-refractivity contribution in [3.05, 3.63) is 0 Å². The molecule has 14 heavy (non-hydrogen) atoms. The van der Waals surface area contributed by atoms with Crippen molar-refractivity contribution in [2.75, 3.05) is 13.1 Å². The van der Waals surface area contributed by atoms with Gasteiger partial charge in [-0.05, 0) is 27.8 Å². The Labute approximate surface area is 95.3 Å². The molecule has 0 aromatic carbocycles. The number of halogens is 1. The lowest BCUT2D eigenvalue weighted by atomic mass is 9.96. The molecule has 1 unspecified atom stereocenters. The van der Waals surface area contributed by atoms with E-state index in [-0.39, 0.29) is 5.08 Å². The summed E-state index contributed by atoms with van der Waals surface area (Å²) in [6, 6.07) is 0. The lowest BCUT2D eigenvalue weighted by molar-refractivity contribution is 0.177. The molecule has 0 radical (unpaired) electrons. The maximum Gasteiger partial charge on any atom is 0.175 e. The molecule has 1 heterocycles. The van der Waals surface area contributed by atoms with Crippen LogP contribution in [0.15, 0.2) is 5.10 Å². The van der Waals surface area contributed by atoms with Gasteiger partial charge in [0.1, 0.15) is 6.34 Å². The Morgan fingerprint density at radius 2 is 2.07 bits per heavy atom. The van der Waals surface area contributed by atoms with Crippen LogP contribution in [0.1, 0.15) is 34.1 Å². The first-order valence-corrected chi connectivity index (χ1v) is 6.06. The second kappa shape index (κ2) is 4.51. The average Bonchev–Trinajstić information content (AvgIpc) is 2.34. The van der Waals surface area contributed by atoms with Gasteiger partial charge in [-0.25, -0.2) is 0 Å². The van der Waals surface area contributed by atoms with Crippen LogP contribution in [-0.2, 0) is 0 Å². The summed E-state index contributed by atoms with van der Waals surface area (Å²) in [6.07, 6.45) is 3.06. The van der Waals surface area contributed by atoms with Gasteiger partial charge < -0.3 is 4.90 Å². The van der Waals surface area contributed by atoms with Crippen molar-refractivity contribution >= 4 is 22.3 Å². The molecule has 0 aromatic rings. The van der Waals surface area contributed by atoms with E-state index in [0.29, 0.717) is 5.41 Å². The molecule has 1 aliphatic rings. The third-order valence-corrected chi connectivity index (χ3v) is 2.98. The fourth-order valence-electron chi connectivity index (χ4n) is 1.47. The van der Waals surface area contributed by atoms with Gasteiger partial charge in [0.15, 0.2) is 5.08 Å². The third kappa shape index (κ3) is 3.15. The number of hydrogen-bond acceptors (Lipinski definition) is 3. The summed E-state index contributed by atoms with van der Waals surface area (Å²) in [4.78, 5) is 2.23. The fraction of sp³-hybridized carbons (Fsp3) is 0.900. The quantitative estimate of drug-likeness (QED) is 0.575. The van der Waals surface area contributed by atoms with Gasteiger partial charge in [-0.3, -0.25) is 5.01 Å². The summed E-state index contributed by atoms with van der Waals surface area (Å²) in [7, 11) is 0. The predicted octanol–water partition coefficient (Wildman–Crippen LogP) is 2.68. The monoisotopic (exact) mass is 261 g/mol. The van der Waals surface area contributed by atoms with E-state index in [0.717, 1.165) is 19.5 Å². The standard InChI is InChI=1S/C10H20BrN3/c1-5-6-14-9(11)13(8-12-14)7-10(2,3)4/h8-9H,5-7H2,1-4H3. The van der Waals surface area contributed by atoms with Crippen molar-refractivity contribution in [1.29, 1.82) is 0 Å². The zero-order valence-electron chi connectivity index (χ0n) is 9.50. The minimum atomic E-state index is 0.238. The number of nitrogens with zero attached hydrogens (tertiary/aromatic N) is 3.